The van der Waals surface area contributed by atoms with E-state index in [2.05, 4.69) is 36.6 Å². The van der Waals surface area contributed by atoms with E-state index in [0.29, 0.717) is 38.5 Å². The normalized spacial score (nSPS) is 24.6. The maximum Gasteiger partial charge on any atom is 0.407 e. The maximum atomic E-state index is 12.6. The molecule has 0 saturated heterocycles. The average molecular weight is 629 g/mol. The van der Waals surface area contributed by atoms with E-state index in [1.165, 1.54) is 7.11 Å². The highest BCUT2D eigenvalue weighted by molar-refractivity contribution is 5.90. The number of hydrogen-bond donors (Lipinski definition) is 6. The molecule has 6 atom stereocenters. The van der Waals surface area contributed by atoms with Gasteiger partial charge in [0.15, 0.2) is 0 Å². The Morgan fingerprint density at radius 3 is 1.49 bits per heavy atom. The van der Waals surface area contributed by atoms with Crippen molar-refractivity contribution in [3.63, 3.8) is 0 Å². The van der Waals surface area contributed by atoms with Crippen LogP contribution in [0.15, 0.2) is 30.3 Å². The number of hydrogen-bond acceptors (Lipinski definition) is 9. The van der Waals surface area contributed by atoms with Gasteiger partial charge < -0.3 is 41.4 Å². The molecule has 4 rings (SSSR count). The maximum absolute atomic E-state index is 12.6. The Labute approximate surface area is 260 Å². The molecule has 0 bridgehead atoms. The molecule has 3 fully saturated rings. The monoisotopic (exact) mass is 628 g/mol. The number of rotatable bonds is 14. The van der Waals surface area contributed by atoms with Crippen molar-refractivity contribution in [2.24, 2.45) is 17.8 Å². The number of carbonyl (C=O) groups excluding carboxylic acids is 7. The molecule has 1 aromatic carbocycles. The van der Waals surface area contributed by atoms with Crippen molar-refractivity contribution in [1.29, 1.82) is 0 Å². The van der Waals surface area contributed by atoms with Gasteiger partial charge in [0.05, 0.1) is 38.0 Å². The van der Waals surface area contributed by atoms with Crippen LogP contribution >= 0.6 is 0 Å². The van der Waals surface area contributed by atoms with Crippen LogP contribution in [-0.4, -0.2) is 86.5 Å². The molecule has 244 valence electrons. The van der Waals surface area contributed by atoms with Gasteiger partial charge in [-0.05, 0) is 44.1 Å². The highest BCUT2D eigenvalue weighted by atomic mass is 16.5. The van der Waals surface area contributed by atoms with E-state index in [-0.39, 0.29) is 50.0 Å². The highest BCUT2D eigenvalue weighted by Gasteiger charge is 2.40. The third-order valence-corrected chi connectivity index (χ3v) is 8.52. The standard InChI is InChI=1S/C30H40N6O9/c1-44-26(39)15-33-29(42)19-8-11-22(19)35-24(37)13-31-27(40)18-7-10-21(18)34-25(38)14-32-28(41)20-9-12-23(20)36-30(43)45-16-17-5-3-2-4-6-17/h2-6,18-23H,7-16H2,1H3,(H,31,40)(H,32,41)(H,33,42)(H,34,38)(H,35,37)(H,36,43)/t18-,19-,20-,21+,22+,23+/m1/s1. The molecule has 15 heteroatoms. The Balaban J connectivity index is 1.09. The van der Waals surface area contributed by atoms with Gasteiger partial charge in [-0.1, -0.05) is 30.3 Å². The van der Waals surface area contributed by atoms with Gasteiger partial charge in [0.1, 0.15) is 13.2 Å². The fourth-order valence-corrected chi connectivity index (χ4v) is 5.35. The molecule has 0 heterocycles. The van der Waals surface area contributed by atoms with Crippen molar-refractivity contribution >= 4 is 41.6 Å². The lowest BCUT2D eigenvalue weighted by Crippen LogP contribution is -2.57. The SMILES string of the molecule is COC(=O)CNC(=O)[C@@H]1CC[C@@H]1NC(=O)CNC(=O)[C@@H]1CC[C@@H]1NC(=O)CNC(=O)[C@@H]1CC[C@@H]1NC(=O)OCc1ccccc1. The third kappa shape index (κ3) is 9.40. The summed E-state index contributed by atoms with van der Waals surface area (Å²) in [6, 6.07) is 8.02. The lowest BCUT2D eigenvalue weighted by molar-refractivity contribution is -0.142. The summed E-state index contributed by atoms with van der Waals surface area (Å²) in [6.45, 7) is -0.689. The van der Waals surface area contributed by atoms with Crippen molar-refractivity contribution < 1.29 is 43.0 Å². The van der Waals surface area contributed by atoms with E-state index in [1.807, 2.05) is 30.3 Å². The zero-order valence-corrected chi connectivity index (χ0v) is 25.1. The Morgan fingerprint density at radius 2 is 1.07 bits per heavy atom. The number of alkyl carbamates (subject to hydrolysis) is 1. The zero-order valence-electron chi connectivity index (χ0n) is 25.1. The van der Waals surface area contributed by atoms with E-state index in [0.717, 1.165) is 5.56 Å². The van der Waals surface area contributed by atoms with Crippen molar-refractivity contribution in [2.75, 3.05) is 26.7 Å². The van der Waals surface area contributed by atoms with Crippen LogP contribution in [0, 0.1) is 17.8 Å². The summed E-state index contributed by atoms with van der Waals surface area (Å²) in [7, 11) is 1.22. The predicted octanol–water partition coefficient (Wildman–Crippen LogP) is -0.997. The van der Waals surface area contributed by atoms with Crippen LogP contribution in [0.25, 0.3) is 0 Å². The second kappa shape index (κ2) is 15.9. The quantitative estimate of drug-likeness (QED) is 0.139. The molecule has 0 aliphatic heterocycles. The Hall–Kier alpha value is -4.69. The van der Waals surface area contributed by atoms with Crippen LogP contribution in [0.2, 0.25) is 0 Å². The number of esters is 1. The van der Waals surface area contributed by atoms with Gasteiger partial charge in [0.2, 0.25) is 29.5 Å². The summed E-state index contributed by atoms with van der Waals surface area (Å²) < 4.78 is 9.70. The van der Waals surface area contributed by atoms with Gasteiger partial charge >= 0.3 is 12.1 Å². The van der Waals surface area contributed by atoms with E-state index >= 15 is 0 Å². The first kappa shape index (κ1) is 33.2. The number of benzene rings is 1. The zero-order chi connectivity index (χ0) is 32.3. The lowest BCUT2D eigenvalue weighted by Gasteiger charge is -2.37. The topological polar surface area (TPSA) is 210 Å². The molecule has 6 amide bonds. The number of amides is 6. The van der Waals surface area contributed by atoms with Gasteiger partial charge in [0.25, 0.3) is 0 Å². The van der Waals surface area contributed by atoms with Crippen LogP contribution in [0.3, 0.4) is 0 Å². The molecular formula is C30H40N6O9. The Bertz CT molecular complexity index is 1280. The number of ether oxygens (including phenoxy) is 2. The van der Waals surface area contributed by atoms with Gasteiger partial charge in [-0.15, -0.1) is 0 Å². The van der Waals surface area contributed by atoms with Crippen LogP contribution in [0.5, 0.6) is 0 Å². The molecule has 0 unspecified atom stereocenters. The van der Waals surface area contributed by atoms with E-state index in [9.17, 15) is 33.6 Å². The molecule has 0 radical (unpaired) electrons. The summed E-state index contributed by atoms with van der Waals surface area (Å²) in [4.78, 5) is 85.6. The van der Waals surface area contributed by atoms with E-state index in [4.69, 9.17) is 4.74 Å². The lowest BCUT2D eigenvalue weighted by atomic mass is 9.78. The van der Waals surface area contributed by atoms with Crippen molar-refractivity contribution in [3.05, 3.63) is 35.9 Å². The van der Waals surface area contributed by atoms with Crippen molar-refractivity contribution in [2.45, 2.75) is 63.3 Å². The summed E-state index contributed by atoms with van der Waals surface area (Å²) in [5, 5.41) is 15.8. The predicted molar refractivity (Wildman–Crippen MR) is 157 cm³/mol. The van der Waals surface area contributed by atoms with E-state index < -0.39 is 53.7 Å². The minimum Gasteiger partial charge on any atom is -0.468 e. The van der Waals surface area contributed by atoms with Crippen LogP contribution in [0.1, 0.15) is 44.1 Å². The molecule has 3 saturated carbocycles. The second-order valence-electron chi connectivity index (χ2n) is 11.4. The van der Waals surface area contributed by atoms with Gasteiger partial charge in [-0.25, -0.2) is 4.79 Å². The minimum atomic E-state index is -0.613. The van der Waals surface area contributed by atoms with Crippen molar-refractivity contribution in [3.8, 4) is 0 Å². The van der Waals surface area contributed by atoms with Crippen LogP contribution in [-0.2, 0) is 44.8 Å². The highest BCUT2D eigenvalue weighted by Crippen LogP contribution is 2.29. The molecule has 1 aromatic rings. The Kier molecular flexibility index (Phi) is 11.7. The fraction of sp³-hybridized carbons (Fsp3) is 0.567. The summed E-state index contributed by atoms with van der Waals surface area (Å²) in [5.74, 6) is -4.01. The van der Waals surface area contributed by atoms with Crippen molar-refractivity contribution in [1.82, 2.24) is 31.9 Å². The molecule has 3 aliphatic rings. The Morgan fingerprint density at radius 1 is 0.622 bits per heavy atom. The largest absolute Gasteiger partial charge is 0.468 e. The molecule has 3 aliphatic carbocycles. The summed E-state index contributed by atoms with van der Waals surface area (Å²) in [6.07, 6.45) is 2.85. The van der Waals surface area contributed by atoms with Crippen LogP contribution < -0.4 is 31.9 Å². The van der Waals surface area contributed by atoms with Gasteiger partial charge in [-0.2, -0.15) is 0 Å². The van der Waals surface area contributed by atoms with Gasteiger partial charge in [0, 0.05) is 18.1 Å². The average Bonchev–Trinajstić information content (AvgIpc) is 2.99. The molecule has 0 aromatic heterocycles. The minimum absolute atomic E-state index is 0.117. The number of methoxy groups -OCH3 is 1. The second-order valence-corrected chi connectivity index (χ2v) is 11.4. The molecule has 15 nitrogen and oxygen atoms in total. The van der Waals surface area contributed by atoms with Crippen LogP contribution in [0.4, 0.5) is 4.79 Å². The molecular weight excluding hydrogens is 588 g/mol. The smallest absolute Gasteiger partial charge is 0.407 e. The molecule has 0 spiro atoms. The van der Waals surface area contributed by atoms with E-state index in [1.54, 1.807) is 0 Å². The summed E-state index contributed by atoms with van der Waals surface area (Å²) in [5.41, 5.74) is 0.846. The van der Waals surface area contributed by atoms with Gasteiger partial charge in [-0.3, -0.25) is 28.8 Å². The number of nitrogens with one attached hydrogen (secondary N) is 6. The molecule has 45 heavy (non-hydrogen) atoms. The first-order valence-electron chi connectivity index (χ1n) is 15.1. The first-order valence-corrected chi connectivity index (χ1v) is 15.1. The molecule has 6 N–H and O–H groups in total. The third-order valence-electron chi connectivity index (χ3n) is 8.52. The fourth-order valence-electron chi connectivity index (χ4n) is 5.35. The number of carbonyl (C=O) groups is 7. The summed E-state index contributed by atoms with van der Waals surface area (Å²) >= 11 is 0. The first-order chi connectivity index (χ1) is 21.6.